The Kier molecular flexibility index (Phi) is 66.2. The molecule has 0 aromatic heterocycles. The maximum absolute atomic E-state index is 13.0. The van der Waals surface area contributed by atoms with Crippen molar-refractivity contribution in [3.8, 4) is 0 Å². The minimum Gasteiger partial charge on any atom is -0.462 e. The van der Waals surface area contributed by atoms with Gasteiger partial charge in [-0.3, -0.25) is 14.4 Å². The predicted octanol–water partition coefficient (Wildman–Crippen LogP) is 24.2. The van der Waals surface area contributed by atoms with Gasteiger partial charge in [0.15, 0.2) is 6.10 Å². The third-order valence-electron chi connectivity index (χ3n) is 15.4. The molecule has 0 radical (unpaired) electrons. The van der Waals surface area contributed by atoms with Crippen molar-refractivity contribution in [2.45, 2.75) is 361 Å². The van der Waals surface area contributed by atoms with Gasteiger partial charge in [0.05, 0.1) is 0 Å². The Balaban J connectivity index is 4.34. The van der Waals surface area contributed by atoms with Gasteiger partial charge in [0, 0.05) is 19.3 Å². The van der Waals surface area contributed by atoms with E-state index in [-0.39, 0.29) is 31.1 Å². The minimum absolute atomic E-state index is 0.0817. The predicted molar refractivity (Wildman–Crippen MR) is 353 cm³/mol. The topological polar surface area (TPSA) is 78.9 Å². The first kappa shape index (κ1) is 77.6. The summed E-state index contributed by atoms with van der Waals surface area (Å²) >= 11 is 0. The molecule has 1 atom stereocenters. The Morgan fingerprint density at radius 3 is 0.765 bits per heavy atom. The van der Waals surface area contributed by atoms with E-state index in [1.54, 1.807) is 0 Å². The van der Waals surface area contributed by atoms with E-state index < -0.39 is 6.10 Å². The highest BCUT2D eigenvalue weighted by Gasteiger charge is 2.19. The summed E-state index contributed by atoms with van der Waals surface area (Å²) in [5.41, 5.74) is 0. The average molecular weight is 1130 g/mol. The highest BCUT2D eigenvalue weighted by Crippen LogP contribution is 2.17. The van der Waals surface area contributed by atoms with Crippen LogP contribution in [0.15, 0.2) is 85.1 Å². The van der Waals surface area contributed by atoms with Crippen LogP contribution in [0.25, 0.3) is 0 Å². The van der Waals surface area contributed by atoms with Crippen molar-refractivity contribution < 1.29 is 28.6 Å². The number of esters is 3. The SMILES string of the molecule is CC/C=C\C/C=C\C/C=C\C/C=C\C/C=C\CCCCCCCCCC(=O)OC(COC(=O)CCCCCCC/C=C\CCCCCCCC)COC(=O)CCCCCCCCCCCCCCC/C=C\CCCCCCCCCC. The van der Waals surface area contributed by atoms with Crippen molar-refractivity contribution in [1.29, 1.82) is 0 Å². The molecule has 1 unspecified atom stereocenters. The molecule has 0 rings (SSSR count). The number of allylic oxidation sites excluding steroid dienone is 14. The summed E-state index contributed by atoms with van der Waals surface area (Å²) in [5.74, 6) is -0.884. The van der Waals surface area contributed by atoms with Gasteiger partial charge in [-0.05, 0) is 116 Å². The lowest BCUT2D eigenvalue weighted by atomic mass is 10.0. The molecule has 0 bridgehead atoms. The quantitative estimate of drug-likeness (QED) is 0.0261. The van der Waals surface area contributed by atoms with Crippen LogP contribution in [0.3, 0.4) is 0 Å². The molecule has 81 heavy (non-hydrogen) atoms. The molecular formula is C75H132O6. The molecule has 6 nitrogen and oxygen atoms in total. The van der Waals surface area contributed by atoms with Crippen LogP contribution in [0.1, 0.15) is 355 Å². The number of carbonyl (C=O) groups excluding carboxylic acids is 3. The zero-order chi connectivity index (χ0) is 58.5. The van der Waals surface area contributed by atoms with Crippen LogP contribution >= 0.6 is 0 Å². The van der Waals surface area contributed by atoms with Gasteiger partial charge in [-0.2, -0.15) is 0 Å². The summed E-state index contributed by atoms with van der Waals surface area (Å²) in [4.78, 5) is 38.5. The molecule has 6 heteroatoms. The first-order valence-corrected chi connectivity index (χ1v) is 35.1. The van der Waals surface area contributed by atoms with Crippen LogP contribution in [-0.2, 0) is 28.6 Å². The van der Waals surface area contributed by atoms with Gasteiger partial charge in [0.1, 0.15) is 13.2 Å². The Hall–Kier alpha value is -3.41. The van der Waals surface area contributed by atoms with E-state index in [4.69, 9.17) is 14.2 Å². The van der Waals surface area contributed by atoms with Gasteiger partial charge < -0.3 is 14.2 Å². The van der Waals surface area contributed by atoms with Crippen LogP contribution < -0.4 is 0 Å². The number of hydrogen-bond acceptors (Lipinski definition) is 6. The maximum Gasteiger partial charge on any atom is 0.306 e. The van der Waals surface area contributed by atoms with Crippen molar-refractivity contribution >= 4 is 17.9 Å². The normalized spacial score (nSPS) is 12.6. The lowest BCUT2D eigenvalue weighted by Gasteiger charge is -2.18. The third-order valence-corrected chi connectivity index (χ3v) is 15.4. The molecule has 0 N–H and O–H groups in total. The molecular weight excluding hydrogens is 997 g/mol. The second kappa shape index (κ2) is 69.1. The molecule has 0 saturated carbocycles. The fourth-order valence-electron chi connectivity index (χ4n) is 10.1. The summed E-state index contributed by atoms with van der Waals surface area (Å²) in [6.07, 6.45) is 91.7. The number of carbonyl (C=O) groups is 3. The van der Waals surface area contributed by atoms with E-state index in [2.05, 4.69) is 106 Å². The van der Waals surface area contributed by atoms with Gasteiger partial charge in [-0.25, -0.2) is 0 Å². The lowest BCUT2D eigenvalue weighted by Crippen LogP contribution is -2.30. The van der Waals surface area contributed by atoms with Crippen molar-refractivity contribution in [2.75, 3.05) is 13.2 Å². The van der Waals surface area contributed by atoms with Crippen molar-refractivity contribution in [2.24, 2.45) is 0 Å². The molecule has 0 aromatic rings. The molecule has 0 aliphatic carbocycles. The van der Waals surface area contributed by atoms with Crippen molar-refractivity contribution in [1.82, 2.24) is 0 Å². The van der Waals surface area contributed by atoms with Crippen LogP contribution in [0.4, 0.5) is 0 Å². The van der Waals surface area contributed by atoms with Crippen LogP contribution in [0, 0.1) is 0 Å². The number of rotatable bonds is 64. The summed E-state index contributed by atoms with van der Waals surface area (Å²) in [7, 11) is 0. The Bertz CT molecular complexity index is 1530. The van der Waals surface area contributed by atoms with Gasteiger partial charge in [-0.1, -0.05) is 305 Å². The minimum atomic E-state index is -0.788. The second-order valence-corrected chi connectivity index (χ2v) is 23.4. The highest BCUT2D eigenvalue weighted by atomic mass is 16.6. The van der Waals surface area contributed by atoms with Gasteiger partial charge in [-0.15, -0.1) is 0 Å². The summed E-state index contributed by atoms with van der Waals surface area (Å²) in [6.45, 7) is 6.55. The molecule has 0 saturated heterocycles. The largest absolute Gasteiger partial charge is 0.462 e. The first-order chi connectivity index (χ1) is 40.0. The molecule has 0 aliphatic rings. The second-order valence-electron chi connectivity index (χ2n) is 23.4. The molecule has 0 spiro atoms. The fourth-order valence-corrected chi connectivity index (χ4v) is 10.1. The zero-order valence-corrected chi connectivity index (χ0v) is 53.8. The number of unbranched alkanes of at least 4 members (excludes halogenated alkanes) is 39. The summed E-state index contributed by atoms with van der Waals surface area (Å²) in [6, 6.07) is 0. The Morgan fingerprint density at radius 1 is 0.259 bits per heavy atom. The average Bonchev–Trinajstić information content (AvgIpc) is 3.47. The molecule has 0 aromatic carbocycles. The van der Waals surface area contributed by atoms with Gasteiger partial charge in [0.2, 0.25) is 0 Å². The smallest absolute Gasteiger partial charge is 0.306 e. The standard InChI is InChI=1S/C75H132O6/c1-4-7-10-13-16-19-22-25-28-30-32-34-36-37-39-40-42-44-47-50-53-56-59-62-65-68-74(77)80-71-72(70-79-73(76)67-64-61-58-55-52-49-46-27-24-21-18-15-12-9-6-3)81-75(78)69-66-63-60-57-54-51-48-45-43-41-38-35-33-31-29-26-23-20-17-14-11-8-5-2/h8,11,17,20,26-27,29-30,32-33,35,41,43,46,72H,4-7,9-10,12-16,18-19,21-25,28,31,34,36-40,42,44-45,47-71H2,1-3H3/b11-8-,20-17-,29-26-,32-30-,35-33-,43-41-,46-27-. The zero-order valence-electron chi connectivity index (χ0n) is 53.8. The van der Waals surface area contributed by atoms with E-state index in [1.165, 1.54) is 212 Å². The molecule has 468 valence electrons. The van der Waals surface area contributed by atoms with E-state index in [0.717, 1.165) is 103 Å². The van der Waals surface area contributed by atoms with E-state index in [1.807, 2.05) is 0 Å². The van der Waals surface area contributed by atoms with Crippen LogP contribution in [0.5, 0.6) is 0 Å². The number of ether oxygens (including phenoxy) is 3. The fraction of sp³-hybridized carbons (Fsp3) is 0.773. The lowest BCUT2D eigenvalue weighted by molar-refractivity contribution is -0.167. The molecule has 0 amide bonds. The van der Waals surface area contributed by atoms with Gasteiger partial charge >= 0.3 is 17.9 Å². The van der Waals surface area contributed by atoms with E-state index in [9.17, 15) is 14.4 Å². The summed E-state index contributed by atoms with van der Waals surface area (Å²) in [5, 5.41) is 0. The molecule has 0 aliphatic heterocycles. The van der Waals surface area contributed by atoms with Crippen molar-refractivity contribution in [3.63, 3.8) is 0 Å². The van der Waals surface area contributed by atoms with E-state index >= 15 is 0 Å². The monoisotopic (exact) mass is 1130 g/mol. The van der Waals surface area contributed by atoms with Crippen LogP contribution in [-0.4, -0.2) is 37.2 Å². The van der Waals surface area contributed by atoms with Crippen LogP contribution in [0.2, 0.25) is 0 Å². The molecule has 0 fully saturated rings. The molecule has 0 heterocycles. The van der Waals surface area contributed by atoms with Gasteiger partial charge in [0.25, 0.3) is 0 Å². The number of hydrogen-bond donors (Lipinski definition) is 0. The maximum atomic E-state index is 13.0. The van der Waals surface area contributed by atoms with E-state index in [0.29, 0.717) is 19.3 Å². The van der Waals surface area contributed by atoms with Crippen molar-refractivity contribution in [3.05, 3.63) is 85.1 Å². The third kappa shape index (κ3) is 67.3. The Morgan fingerprint density at radius 2 is 0.481 bits per heavy atom. The Labute approximate surface area is 503 Å². The first-order valence-electron chi connectivity index (χ1n) is 35.1. The highest BCUT2D eigenvalue weighted by molar-refractivity contribution is 5.71. The summed E-state index contributed by atoms with van der Waals surface area (Å²) < 4.78 is 17.0.